The Hall–Kier alpha value is -1.49. The largest absolute Gasteiger partial charge is 0.496 e. The van der Waals surface area contributed by atoms with Gasteiger partial charge in [0.05, 0.1) is 26.9 Å². The molecule has 0 bridgehead atoms. The predicted octanol–water partition coefficient (Wildman–Crippen LogP) is 2.58. The number of ether oxygens (including phenoxy) is 3. The standard InChI is InChI=1S/C12H13BrO4/c1-15-9-7-5-4-6-8(9)10(16-2)11(17-3)12(13)14/h4-7H,1-3H3. The van der Waals surface area contributed by atoms with Crippen LogP contribution in [0.3, 0.4) is 0 Å². The van der Waals surface area contributed by atoms with Gasteiger partial charge in [-0.2, -0.15) is 0 Å². The van der Waals surface area contributed by atoms with Crippen molar-refractivity contribution >= 4 is 26.4 Å². The van der Waals surface area contributed by atoms with Crippen molar-refractivity contribution in [2.24, 2.45) is 0 Å². The molecule has 0 spiro atoms. The van der Waals surface area contributed by atoms with Crippen LogP contribution in [0.25, 0.3) is 5.76 Å². The van der Waals surface area contributed by atoms with Gasteiger partial charge in [-0.1, -0.05) is 12.1 Å². The third-order valence-corrected chi connectivity index (χ3v) is 2.50. The van der Waals surface area contributed by atoms with E-state index in [1.807, 2.05) is 12.1 Å². The number of hydrogen-bond donors (Lipinski definition) is 0. The molecular formula is C12H13BrO4. The molecule has 0 radical (unpaired) electrons. The van der Waals surface area contributed by atoms with E-state index in [0.717, 1.165) is 0 Å². The molecule has 92 valence electrons. The summed E-state index contributed by atoms with van der Waals surface area (Å²) in [6.07, 6.45) is 0. The number of methoxy groups -OCH3 is 3. The Balaban J connectivity index is 3.40. The molecule has 0 saturated carbocycles. The number of allylic oxidation sites excluding steroid dienone is 1. The van der Waals surface area contributed by atoms with Crippen LogP contribution in [0.1, 0.15) is 5.56 Å². The molecule has 0 N–H and O–H groups in total. The maximum absolute atomic E-state index is 11.4. The van der Waals surface area contributed by atoms with Crippen LogP contribution in [-0.4, -0.2) is 26.0 Å². The summed E-state index contributed by atoms with van der Waals surface area (Å²) in [6, 6.07) is 7.22. The first kappa shape index (κ1) is 13.6. The third-order valence-electron chi connectivity index (χ3n) is 2.14. The molecule has 0 aromatic heterocycles. The zero-order valence-electron chi connectivity index (χ0n) is 9.82. The van der Waals surface area contributed by atoms with Gasteiger partial charge in [0.2, 0.25) is 5.76 Å². The first-order valence-electron chi connectivity index (χ1n) is 4.81. The first-order valence-corrected chi connectivity index (χ1v) is 5.60. The Morgan fingerprint density at radius 3 is 2.24 bits per heavy atom. The van der Waals surface area contributed by atoms with E-state index in [-0.39, 0.29) is 10.5 Å². The number of halogens is 1. The minimum atomic E-state index is -0.386. The summed E-state index contributed by atoms with van der Waals surface area (Å²) in [5, 5.41) is 0. The van der Waals surface area contributed by atoms with Crippen LogP contribution in [0.2, 0.25) is 0 Å². The van der Waals surface area contributed by atoms with E-state index in [9.17, 15) is 4.79 Å². The van der Waals surface area contributed by atoms with Crippen molar-refractivity contribution in [3.63, 3.8) is 0 Å². The molecule has 0 amide bonds. The molecule has 0 atom stereocenters. The Kier molecular flexibility index (Phi) is 5.03. The molecular weight excluding hydrogens is 288 g/mol. The van der Waals surface area contributed by atoms with Gasteiger partial charge >= 0.3 is 0 Å². The molecule has 0 fully saturated rings. The number of carbonyl (C=O) groups is 1. The number of hydrogen-bond acceptors (Lipinski definition) is 4. The van der Waals surface area contributed by atoms with Crippen molar-refractivity contribution in [1.29, 1.82) is 0 Å². The number of benzene rings is 1. The summed E-state index contributed by atoms with van der Waals surface area (Å²) in [4.78, 5) is 11.4. The summed E-state index contributed by atoms with van der Waals surface area (Å²) < 4.78 is 15.1. The number of para-hydroxylation sites is 1. The van der Waals surface area contributed by atoms with Crippen LogP contribution in [0.5, 0.6) is 5.75 Å². The van der Waals surface area contributed by atoms with Gasteiger partial charge in [-0.05, 0) is 12.1 Å². The molecule has 0 aliphatic rings. The lowest BCUT2D eigenvalue weighted by Gasteiger charge is -2.13. The molecule has 0 saturated heterocycles. The highest BCUT2D eigenvalue weighted by Crippen LogP contribution is 2.29. The smallest absolute Gasteiger partial charge is 0.266 e. The summed E-state index contributed by atoms with van der Waals surface area (Å²) in [5.74, 6) is 1.02. The molecule has 5 heteroatoms. The van der Waals surface area contributed by atoms with E-state index in [2.05, 4.69) is 15.9 Å². The molecule has 0 aliphatic carbocycles. The predicted molar refractivity (Wildman–Crippen MR) is 67.9 cm³/mol. The Morgan fingerprint density at radius 1 is 1.12 bits per heavy atom. The minimum Gasteiger partial charge on any atom is -0.496 e. The van der Waals surface area contributed by atoms with E-state index in [0.29, 0.717) is 17.1 Å². The Morgan fingerprint density at radius 2 is 1.76 bits per heavy atom. The first-order chi connectivity index (χ1) is 8.15. The highest BCUT2D eigenvalue weighted by Gasteiger charge is 2.19. The van der Waals surface area contributed by atoms with Crippen LogP contribution < -0.4 is 4.74 Å². The molecule has 1 aromatic rings. The summed E-state index contributed by atoms with van der Waals surface area (Å²) in [6.45, 7) is 0. The average Bonchev–Trinajstić information content (AvgIpc) is 2.35. The van der Waals surface area contributed by atoms with Gasteiger partial charge in [0.25, 0.3) is 4.69 Å². The van der Waals surface area contributed by atoms with Crippen molar-refractivity contribution < 1.29 is 19.0 Å². The molecule has 0 heterocycles. The highest BCUT2D eigenvalue weighted by atomic mass is 79.9. The second kappa shape index (κ2) is 6.30. The van der Waals surface area contributed by atoms with E-state index in [1.54, 1.807) is 19.2 Å². The SMILES string of the molecule is COC(C(=O)Br)=C(OC)c1ccccc1OC. The van der Waals surface area contributed by atoms with Crippen LogP contribution in [0, 0.1) is 0 Å². The average molecular weight is 301 g/mol. The van der Waals surface area contributed by atoms with Gasteiger partial charge in [0, 0.05) is 15.9 Å². The van der Waals surface area contributed by atoms with Gasteiger partial charge in [-0.3, -0.25) is 4.79 Å². The molecule has 17 heavy (non-hydrogen) atoms. The van der Waals surface area contributed by atoms with E-state index >= 15 is 0 Å². The van der Waals surface area contributed by atoms with Crippen molar-refractivity contribution in [2.75, 3.05) is 21.3 Å². The maximum atomic E-state index is 11.4. The van der Waals surface area contributed by atoms with E-state index < -0.39 is 0 Å². The monoisotopic (exact) mass is 300 g/mol. The molecule has 4 nitrogen and oxygen atoms in total. The summed E-state index contributed by atoms with van der Waals surface area (Å²) in [5.41, 5.74) is 0.655. The molecule has 1 aromatic carbocycles. The maximum Gasteiger partial charge on any atom is 0.266 e. The summed E-state index contributed by atoms with van der Waals surface area (Å²) in [7, 11) is 4.42. The van der Waals surface area contributed by atoms with E-state index in [1.165, 1.54) is 14.2 Å². The van der Waals surface area contributed by atoms with Crippen LogP contribution in [0.15, 0.2) is 30.0 Å². The quantitative estimate of drug-likeness (QED) is 0.476. The fraction of sp³-hybridized carbons (Fsp3) is 0.250. The lowest BCUT2D eigenvalue weighted by atomic mass is 10.1. The van der Waals surface area contributed by atoms with Crippen molar-refractivity contribution in [3.05, 3.63) is 35.6 Å². The fourth-order valence-electron chi connectivity index (χ4n) is 1.42. The Bertz CT molecular complexity index is 440. The normalized spacial score (nSPS) is 11.5. The van der Waals surface area contributed by atoms with E-state index in [4.69, 9.17) is 14.2 Å². The van der Waals surface area contributed by atoms with Crippen LogP contribution >= 0.6 is 15.9 Å². The van der Waals surface area contributed by atoms with Crippen LogP contribution in [0.4, 0.5) is 0 Å². The molecule has 0 unspecified atom stereocenters. The van der Waals surface area contributed by atoms with Crippen molar-refractivity contribution in [1.82, 2.24) is 0 Å². The molecule has 0 aliphatic heterocycles. The molecule has 1 rings (SSSR count). The Labute approximate surface area is 108 Å². The highest BCUT2D eigenvalue weighted by molar-refractivity contribution is 9.18. The number of carbonyl (C=O) groups excluding carboxylic acids is 1. The zero-order valence-corrected chi connectivity index (χ0v) is 11.4. The van der Waals surface area contributed by atoms with Gasteiger partial charge in [-0.15, -0.1) is 0 Å². The second-order valence-electron chi connectivity index (χ2n) is 3.04. The van der Waals surface area contributed by atoms with Crippen molar-refractivity contribution in [2.45, 2.75) is 0 Å². The van der Waals surface area contributed by atoms with Gasteiger partial charge in [-0.25, -0.2) is 0 Å². The van der Waals surface area contributed by atoms with Crippen molar-refractivity contribution in [3.8, 4) is 5.75 Å². The van der Waals surface area contributed by atoms with Gasteiger partial charge in [0.15, 0.2) is 5.76 Å². The van der Waals surface area contributed by atoms with Gasteiger partial charge < -0.3 is 14.2 Å². The number of rotatable bonds is 5. The second-order valence-corrected chi connectivity index (χ2v) is 3.76. The lowest BCUT2D eigenvalue weighted by Crippen LogP contribution is -2.04. The third kappa shape index (κ3) is 3.00. The topological polar surface area (TPSA) is 44.8 Å². The lowest BCUT2D eigenvalue weighted by molar-refractivity contribution is -0.109. The minimum absolute atomic E-state index is 0.0944. The fourth-order valence-corrected chi connectivity index (χ4v) is 1.76. The zero-order chi connectivity index (χ0) is 12.8. The van der Waals surface area contributed by atoms with Gasteiger partial charge in [0.1, 0.15) is 5.75 Å². The van der Waals surface area contributed by atoms with Crippen LogP contribution in [-0.2, 0) is 14.3 Å². The summed E-state index contributed by atoms with van der Waals surface area (Å²) >= 11 is 2.84.